The van der Waals surface area contributed by atoms with Gasteiger partial charge in [0.15, 0.2) is 0 Å². The Kier molecular flexibility index (Phi) is 2.52. The Morgan fingerprint density at radius 2 is 2.31 bits per heavy atom. The van der Waals surface area contributed by atoms with Gasteiger partial charge in [0, 0.05) is 11.6 Å². The molecule has 4 nitrogen and oxygen atoms in total. The van der Waals surface area contributed by atoms with Crippen molar-refractivity contribution in [3.63, 3.8) is 0 Å². The third kappa shape index (κ3) is 1.60. The number of aromatic amines is 1. The molecule has 0 aliphatic carbocycles. The van der Waals surface area contributed by atoms with Crippen LogP contribution in [0, 0.1) is 5.82 Å². The summed E-state index contributed by atoms with van der Waals surface area (Å²) in [6.45, 7) is 0. The fourth-order valence-electron chi connectivity index (χ4n) is 1.72. The molecule has 0 radical (unpaired) electrons. The lowest BCUT2D eigenvalue weighted by molar-refractivity contribution is -0.136. The van der Waals surface area contributed by atoms with E-state index in [0.29, 0.717) is 16.8 Å². The van der Waals surface area contributed by atoms with Crippen LogP contribution in [0.15, 0.2) is 18.3 Å². The third-order valence-electron chi connectivity index (χ3n) is 2.39. The summed E-state index contributed by atoms with van der Waals surface area (Å²) < 4.78 is 18.6. The van der Waals surface area contributed by atoms with Gasteiger partial charge in [0.25, 0.3) is 0 Å². The second-order valence-electron chi connectivity index (χ2n) is 3.38. The number of carboxylic acid groups (broad SMARTS) is 1. The maximum Gasteiger partial charge on any atom is 0.307 e. The number of aromatic nitrogens is 1. The third-order valence-corrected chi connectivity index (χ3v) is 2.39. The van der Waals surface area contributed by atoms with Gasteiger partial charge in [-0.05, 0) is 17.7 Å². The Hall–Kier alpha value is -2.04. The number of fused-ring (bicyclic) bond motifs is 1. The SMILES string of the molecule is COc1ccc(F)c2c(CC(=O)O)c[nH]c12. The summed E-state index contributed by atoms with van der Waals surface area (Å²) in [5, 5.41) is 8.97. The summed E-state index contributed by atoms with van der Waals surface area (Å²) in [6, 6.07) is 2.76. The van der Waals surface area contributed by atoms with Crippen LogP contribution in [-0.4, -0.2) is 23.2 Å². The molecule has 16 heavy (non-hydrogen) atoms. The first-order chi connectivity index (χ1) is 7.63. The number of H-pyrrole nitrogens is 1. The average molecular weight is 223 g/mol. The van der Waals surface area contributed by atoms with E-state index in [2.05, 4.69) is 4.98 Å². The largest absolute Gasteiger partial charge is 0.495 e. The van der Waals surface area contributed by atoms with E-state index < -0.39 is 11.8 Å². The minimum absolute atomic E-state index is 0.218. The molecule has 2 rings (SSSR count). The number of halogens is 1. The van der Waals surface area contributed by atoms with E-state index in [4.69, 9.17) is 9.84 Å². The summed E-state index contributed by atoms with van der Waals surface area (Å²) >= 11 is 0. The van der Waals surface area contributed by atoms with Crippen molar-refractivity contribution >= 4 is 16.9 Å². The molecule has 0 spiro atoms. The Morgan fingerprint density at radius 3 is 2.94 bits per heavy atom. The smallest absolute Gasteiger partial charge is 0.307 e. The Morgan fingerprint density at radius 1 is 1.56 bits per heavy atom. The number of ether oxygens (including phenoxy) is 1. The highest BCUT2D eigenvalue weighted by Crippen LogP contribution is 2.29. The van der Waals surface area contributed by atoms with E-state index in [-0.39, 0.29) is 11.8 Å². The van der Waals surface area contributed by atoms with Crippen molar-refractivity contribution in [1.82, 2.24) is 4.98 Å². The standard InChI is InChI=1S/C11H10FNO3/c1-16-8-3-2-7(12)10-6(4-9(14)15)5-13-11(8)10/h2-3,5,13H,4H2,1H3,(H,14,15). The van der Waals surface area contributed by atoms with Crippen LogP contribution in [0.3, 0.4) is 0 Å². The first-order valence-corrected chi connectivity index (χ1v) is 4.67. The van der Waals surface area contributed by atoms with Gasteiger partial charge in [0.2, 0.25) is 0 Å². The zero-order valence-electron chi connectivity index (χ0n) is 8.58. The van der Waals surface area contributed by atoms with Gasteiger partial charge >= 0.3 is 5.97 Å². The molecule has 1 heterocycles. The molecule has 0 aliphatic rings. The van der Waals surface area contributed by atoms with Crippen LogP contribution >= 0.6 is 0 Å². The first kappa shape index (κ1) is 10.5. The fourth-order valence-corrected chi connectivity index (χ4v) is 1.72. The number of methoxy groups -OCH3 is 1. The second kappa shape index (κ2) is 3.84. The van der Waals surface area contributed by atoms with Gasteiger partial charge in [-0.25, -0.2) is 4.39 Å². The van der Waals surface area contributed by atoms with Gasteiger partial charge in [-0.3, -0.25) is 4.79 Å². The normalized spacial score (nSPS) is 10.6. The van der Waals surface area contributed by atoms with Crippen LogP contribution in [0.25, 0.3) is 10.9 Å². The van der Waals surface area contributed by atoms with Crippen LogP contribution < -0.4 is 4.74 Å². The zero-order chi connectivity index (χ0) is 11.7. The zero-order valence-corrected chi connectivity index (χ0v) is 8.58. The molecule has 2 aromatic rings. The maximum atomic E-state index is 13.6. The molecule has 0 bridgehead atoms. The van der Waals surface area contributed by atoms with Crippen LogP contribution in [0.5, 0.6) is 5.75 Å². The Bertz CT molecular complexity index is 547. The van der Waals surface area contributed by atoms with Gasteiger partial charge in [-0.1, -0.05) is 0 Å². The Labute approximate surface area is 90.7 Å². The van der Waals surface area contributed by atoms with Crippen molar-refractivity contribution in [3.8, 4) is 5.75 Å². The quantitative estimate of drug-likeness (QED) is 0.835. The topological polar surface area (TPSA) is 62.3 Å². The predicted octanol–water partition coefficient (Wildman–Crippen LogP) is 1.94. The maximum absolute atomic E-state index is 13.6. The number of hydrogen-bond acceptors (Lipinski definition) is 2. The van der Waals surface area contributed by atoms with E-state index >= 15 is 0 Å². The average Bonchev–Trinajstić information content (AvgIpc) is 2.63. The molecule has 5 heteroatoms. The van der Waals surface area contributed by atoms with Crippen LogP contribution in [0.1, 0.15) is 5.56 Å². The van der Waals surface area contributed by atoms with Gasteiger partial charge in [-0.2, -0.15) is 0 Å². The minimum atomic E-state index is -0.997. The number of carbonyl (C=O) groups is 1. The summed E-state index contributed by atoms with van der Waals surface area (Å²) in [5.74, 6) is -0.954. The molecule has 0 unspecified atom stereocenters. The number of hydrogen-bond donors (Lipinski definition) is 2. The summed E-state index contributed by atoms with van der Waals surface area (Å²) in [6.07, 6.45) is 1.27. The number of carboxylic acids is 1. The first-order valence-electron chi connectivity index (χ1n) is 4.67. The molecule has 0 atom stereocenters. The fraction of sp³-hybridized carbons (Fsp3) is 0.182. The molecule has 0 aliphatic heterocycles. The highest BCUT2D eigenvalue weighted by atomic mass is 19.1. The monoisotopic (exact) mass is 223 g/mol. The second-order valence-corrected chi connectivity index (χ2v) is 3.38. The molecule has 0 saturated carbocycles. The number of benzene rings is 1. The highest BCUT2D eigenvalue weighted by molar-refractivity contribution is 5.91. The molecule has 1 aromatic carbocycles. The van der Waals surface area contributed by atoms with E-state index in [1.807, 2.05) is 0 Å². The van der Waals surface area contributed by atoms with E-state index in [1.54, 1.807) is 0 Å². The van der Waals surface area contributed by atoms with E-state index in [0.717, 1.165) is 0 Å². The van der Waals surface area contributed by atoms with E-state index in [1.165, 1.54) is 25.4 Å². The summed E-state index contributed by atoms with van der Waals surface area (Å²) in [5.41, 5.74) is 0.901. The van der Waals surface area contributed by atoms with Crippen molar-refractivity contribution in [1.29, 1.82) is 0 Å². The number of aliphatic carboxylic acids is 1. The molecule has 0 amide bonds. The van der Waals surface area contributed by atoms with Crippen molar-refractivity contribution in [3.05, 3.63) is 29.7 Å². The van der Waals surface area contributed by atoms with Gasteiger partial charge in [-0.15, -0.1) is 0 Å². The summed E-state index contributed by atoms with van der Waals surface area (Å²) in [7, 11) is 1.48. The molecule has 0 saturated heterocycles. The Balaban J connectivity index is 2.65. The van der Waals surface area contributed by atoms with Gasteiger partial charge < -0.3 is 14.8 Å². The lowest BCUT2D eigenvalue weighted by Crippen LogP contribution is -1.99. The molecule has 0 fully saturated rings. The van der Waals surface area contributed by atoms with Crippen molar-refractivity contribution < 1.29 is 19.0 Å². The van der Waals surface area contributed by atoms with Crippen LogP contribution in [0.2, 0.25) is 0 Å². The lowest BCUT2D eigenvalue weighted by atomic mass is 10.1. The lowest BCUT2D eigenvalue weighted by Gasteiger charge is -2.02. The van der Waals surface area contributed by atoms with Gasteiger partial charge in [0.1, 0.15) is 11.6 Å². The molecule has 2 N–H and O–H groups in total. The van der Waals surface area contributed by atoms with Crippen molar-refractivity contribution in [2.45, 2.75) is 6.42 Å². The number of nitrogens with one attached hydrogen (secondary N) is 1. The van der Waals surface area contributed by atoms with Crippen LogP contribution in [-0.2, 0) is 11.2 Å². The van der Waals surface area contributed by atoms with Crippen molar-refractivity contribution in [2.75, 3.05) is 7.11 Å². The molecule has 1 aromatic heterocycles. The predicted molar refractivity (Wildman–Crippen MR) is 56.1 cm³/mol. The van der Waals surface area contributed by atoms with E-state index in [9.17, 15) is 9.18 Å². The van der Waals surface area contributed by atoms with Gasteiger partial charge in [0.05, 0.1) is 19.0 Å². The molecule has 84 valence electrons. The summed E-state index contributed by atoms with van der Waals surface area (Å²) in [4.78, 5) is 13.4. The minimum Gasteiger partial charge on any atom is -0.495 e. The molecular formula is C11H10FNO3. The van der Waals surface area contributed by atoms with Crippen LogP contribution in [0.4, 0.5) is 4.39 Å². The number of rotatable bonds is 3. The van der Waals surface area contributed by atoms with Crippen molar-refractivity contribution in [2.24, 2.45) is 0 Å². The highest BCUT2D eigenvalue weighted by Gasteiger charge is 2.14. The molecular weight excluding hydrogens is 213 g/mol.